The van der Waals surface area contributed by atoms with Crippen molar-refractivity contribution in [2.75, 3.05) is 11.9 Å². The Morgan fingerprint density at radius 2 is 1.53 bits per heavy atom. The number of carbonyl (C=O) groups is 2. The van der Waals surface area contributed by atoms with Gasteiger partial charge >= 0.3 is 0 Å². The molecule has 0 aromatic heterocycles. The van der Waals surface area contributed by atoms with Gasteiger partial charge in [0.15, 0.2) is 6.10 Å². The number of hydrogen-bond donors (Lipinski definition) is 2. The highest BCUT2D eigenvalue weighted by Gasteiger charge is 2.21. The Kier molecular flexibility index (Phi) is 8.44. The number of anilines is 1. The molecule has 1 atom stereocenters. The number of benzene rings is 3. The highest BCUT2D eigenvalue weighted by atomic mass is 16.5. The second kappa shape index (κ2) is 11.7. The molecule has 0 aliphatic heterocycles. The van der Waals surface area contributed by atoms with Gasteiger partial charge in [0, 0.05) is 6.54 Å². The smallest absolute Gasteiger partial charge is 0.265 e. The number of carbonyl (C=O) groups excluding carboxylic acids is 2. The summed E-state index contributed by atoms with van der Waals surface area (Å²) in [5.74, 6) is 0.147. The minimum atomic E-state index is -0.656. The zero-order valence-corrected chi connectivity index (χ0v) is 18.6. The number of para-hydroxylation sites is 1. The molecule has 5 nitrogen and oxygen atoms in total. The number of hydrogen-bond acceptors (Lipinski definition) is 3. The van der Waals surface area contributed by atoms with E-state index in [1.807, 2.05) is 61.5 Å². The van der Waals surface area contributed by atoms with Gasteiger partial charge in [-0.3, -0.25) is 9.59 Å². The van der Waals surface area contributed by atoms with E-state index in [2.05, 4.69) is 17.6 Å². The first-order valence-electron chi connectivity index (χ1n) is 11.1. The molecule has 2 N–H and O–H groups in total. The van der Waals surface area contributed by atoms with Crippen LogP contribution in [0.25, 0.3) is 0 Å². The topological polar surface area (TPSA) is 67.4 Å². The van der Waals surface area contributed by atoms with Crippen molar-refractivity contribution in [2.24, 2.45) is 0 Å². The lowest BCUT2D eigenvalue weighted by molar-refractivity contribution is -0.122. The summed E-state index contributed by atoms with van der Waals surface area (Å²) in [6, 6.07) is 24.7. The number of amides is 2. The van der Waals surface area contributed by atoms with Gasteiger partial charge in [0.1, 0.15) is 5.75 Å². The molecule has 0 radical (unpaired) electrons. The fraction of sp³-hybridized carbons (Fsp3) is 0.259. The highest BCUT2D eigenvalue weighted by molar-refractivity contribution is 6.04. The van der Waals surface area contributed by atoms with Crippen LogP contribution in [0.3, 0.4) is 0 Å². The van der Waals surface area contributed by atoms with Crippen molar-refractivity contribution in [1.29, 1.82) is 0 Å². The molecule has 32 heavy (non-hydrogen) atoms. The fourth-order valence-corrected chi connectivity index (χ4v) is 3.35. The van der Waals surface area contributed by atoms with Crippen LogP contribution < -0.4 is 15.4 Å². The van der Waals surface area contributed by atoms with Crippen LogP contribution >= 0.6 is 0 Å². The summed E-state index contributed by atoms with van der Waals surface area (Å²) in [7, 11) is 0. The van der Waals surface area contributed by atoms with Crippen LogP contribution in [0.15, 0.2) is 78.9 Å². The number of ether oxygens (including phenoxy) is 1. The Labute approximate surface area is 189 Å². The minimum Gasteiger partial charge on any atom is -0.481 e. The van der Waals surface area contributed by atoms with E-state index in [-0.39, 0.29) is 11.8 Å². The molecule has 3 rings (SSSR count). The fourth-order valence-electron chi connectivity index (χ4n) is 3.35. The van der Waals surface area contributed by atoms with Crippen LogP contribution in [0.1, 0.15) is 41.8 Å². The minimum absolute atomic E-state index is 0.221. The van der Waals surface area contributed by atoms with E-state index in [1.54, 1.807) is 24.3 Å². The van der Waals surface area contributed by atoms with Crippen molar-refractivity contribution >= 4 is 17.5 Å². The normalized spacial score (nSPS) is 11.4. The molecular weight excluding hydrogens is 400 g/mol. The molecule has 0 unspecified atom stereocenters. The number of nitrogens with one attached hydrogen (secondary N) is 2. The van der Waals surface area contributed by atoms with Gasteiger partial charge < -0.3 is 15.4 Å². The van der Waals surface area contributed by atoms with Crippen LogP contribution in [0.2, 0.25) is 0 Å². The zero-order valence-electron chi connectivity index (χ0n) is 18.6. The van der Waals surface area contributed by atoms with Gasteiger partial charge in [0.05, 0.1) is 11.3 Å². The Balaban J connectivity index is 1.61. The van der Waals surface area contributed by atoms with E-state index in [0.717, 1.165) is 18.4 Å². The van der Waals surface area contributed by atoms with E-state index in [4.69, 9.17) is 4.74 Å². The molecule has 0 heterocycles. The Morgan fingerprint density at radius 1 is 0.844 bits per heavy atom. The molecule has 0 spiro atoms. The average molecular weight is 431 g/mol. The first kappa shape index (κ1) is 23.1. The third-order valence-electron chi connectivity index (χ3n) is 5.24. The molecule has 0 bridgehead atoms. The molecule has 2 amide bonds. The van der Waals surface area contributed by atoms with Gasteiger partial charge in [-0.2, -0.15) is 0 Å². The third kappa shape index (κ3) is 6.45. The van der Waals surface area contributed by atoms with E-state index in [1.165, 1.54) is 5.56 Å². The Hall–Kier alpha value is -3.60. The van der Waals surface area contributed by atoms with E-state index in [0.29, 0.717) is 30.0 Å². The lowest BCUT2D eigenvalue weighted by Gasteiger charge is -2.18. The standard InChI is InChI=1S/C27H30N2O3/c1-3-20-14-16-22(17-15-20)32-25(4-2)27(31)29-24-13-9-8-12-23(24)26(30)28-19-18-21-10-6-5-7-11-21/h5-17,25H,3-4,18-19H2,1-2H3,(H,28,30)(H,29,31)/t25-/m0/s1. The summed E-state index contributed by atoms with van der Waals surface area (Å²) < 4.78 is 5.90. The highest BCUT2D eigenvalue weighted by Crippen LogP contribution is 2.19. The van der Waals surface area contributed by atoms with Gasteiger partial charge in [-0.05, 0) is 54.7 Å². The van der Waals surface area contributed by atoms with Gasteiger partial charge in [0.2, 0.25) is 0 Å². The lowest BCUT2D eigenvalue weighted by atomic mass is 10.1. The van der Waals surface area contributed by atoms with Gasteiger partial charge in [0.25, 0.3) is 11.8 Å². The molecule has 5 heteroatoms. The summed E-state index contributed by atoms with van der Waals surface area (Å²) >= 11 is 0. The maximum Gasteiger partial charge on any atom is 0.265 e. The van der Waals surface area contributed by atoms with Crippen LogP contribution in [-0.4, -0.2) is 24.5 Å². The number of aryl methyl sites for hydroxylation is 1. The molecule has 0 saturated carbocycles. The molecule has 0 fully saturated rings. The van der Waals surface area contributed by atoms with Crippen LogP contribution in [-0.2, 0) is 17.6 Å². The number of rotatable bonds is 10. The van der Waals surface area contributed by atoms with Crippen molar-refractivity contribution in [3.8, 4) is 5.75 Å². The maximum absolute atomic E-state index is 12.9. The van der Waals surface area contributed by atoms with E-state index >= 15 is 0 Å². The molecule has 0 saturated heterocycles. The summed E-state index contributed by atoms with van der Waals surface area (Å²) in [5.41, 5.74) is 3.26. The first-order valence-corrected chi connectivity index (χ1v) is 11.1. The van der Waals surface area contributed by atoms with Crippen LogP contribution in [0.4, 0.5) is 5.69 Å². The van der Waals surface area contributed by atoms with Crippen molar-refractivity contribution < 1.29 is 14.3 Å². The quantitative estimate of drug-likeness (QED) is 0.475. The van der Waals surface area contributed by atoms with E-state index < -0.39 is 6.10 Å². The van der Waals surface area contributed by atoms with Crippen LogP contribution in [0, 0.1) is 0 Å². The summed E-state index contributed by atoms with van der Waals surface area (Å²) in [4.78, 5) is 25.6. The van der Waals surface area contributed by atoms with Crippen LogP contribution in [0.5, 0.6) is 5.75 Å². The Morgan fingerprint density at radius 3 is 2.22 bits per heavy atom. The average Bonchev–Trinajstić information content (AvgIpc) is 2.83. The van der Waals surface area contributed by atoms with Crippen molar-refractivity contribution in [3.63, 3.8) is 0 Å². The van der Waals surface area contributed by atoms with E-state index in [9.17, 15) is 9.59 Å². The summed E-state index contributed by atoms with van der Waals surface area (Å²) in [5, 5.41) is 5.80. The summed E-state index contributed by atoms with van der Waals surface area (Å²) in [6.07, 6.45) is 1.54. The van der Waals surface area contributed by atoms with Crippen molar-refractivity contribution in [2.45, 2.75) is 39.2 Å². The SMILES string of the molecule is CCc1ccc(O[C@@H](CC)C(=O)Nc2ccccc2C(=O)NCCc2ccccc2)cc1. The maximum atomic E-state index is 12.9. The first-order chi connectivity index (χ1) is 15.6. The lowest BCUT2D eigenvalue weighted by Crippen LogP contribution is -2.33. The monoisotopic (exact) mass is 430 g/mol. The summed E-state index contributed by atoms with van der Waals surface area (Å²) in [6.45, 7) is 4.50. The predicted molar refractivity (Wildman–Crippen MR) is 128 cm³/mol. The van der Waals surface area contributed by atoms with Gasteiger partial charge in [-0.15, -0.1) is 0 Å². The Bertz CT molecular complexity index is 1020. The molecule has 166 valence electrons. The third-order valence-corrected chi connectivity index (χ3v) is 5.24. The molecule has 0 aliphatic rings. The predicted octanol–water partition coefficient (Wildman–Crippen LogP) is 5.02. The van der Waals surface area contributed by atoms with Crippen molar-refractivity contribution in [1.82, 2.24) is 5.32 Å². The largest absolute Gasteiger partial charge is 0.481 e. The molecule has 3 aromatic carbocycles. The van der Waals surface area contributed by atoms with Crippen molar-refractivity contribution in [3.05, 3.63) is 95.6 Å². The molecular formula is C27H30N2O3. The second-order valence-corrected chi connectivity index (χ2v) is 7.54. The van der Waals surface area contributed by atoms with Gasteiger partial charge in [-0.25, -0.2) is 0 Å². The zero-order chi connectivity index (χ0) is 22.8. The second-order valence-electron chi connectivity index (χ2n) is 7.54. The molecule has 0 aliphatic carbocycles. The molecule has 3 aromatic rings. The van der Waals surface area contributed by atoms with Gasteiger partial charge in [-0.1, -0.05) is 68.4 Å².